The number of piperazine rings is 1. The summed E-state index contributed by atoms with van der Waals surface area (Å²) in [5.41, 5.74) is 3.74. The molecule has 0 spiro atoms. The van der Waals surface area contributed by atoms with E-state index >= 15 is 4.39 Å². The zero-order valence-electron chi connectivity index (χ0n) is 22.1. The van der Waals surface area contributed by atoms with Crippen molar-refractivity contribution in [2.24, 2.45) is 0 Å². The Kier molecular flexibility index (Phi) is 7.32. The van der Waals surface area contributed by atoms with E-state index in [-0.39, 0.29) is 5.82 Å². The Morgan fingerprint density at radius 3 is 2.57 bits per heavy atom. The number of aromatic nitrogens is 5. The minimum absolute atomic E-state index is 0.306. The summed E-state index contributed by atoms with van der Waals surface area (Å²) in [6, 6.07) is 9.62. The molecule has 6 rings (SSSR count). The zero-order chi connectivity index (χ0) is 25.9. The lowest BCUT2D eigenvalue weighted by Gasteiger charge is -2.33. The summed E-state index contributed by atoms with van der Waals surface area (Å²) in [7, 11) is 2.15. The average molecular weight is 503 g/mol. The molecule has 0 saturated carbocycles. The number of hydrogen-bond donors (Lipinski definition) is 1. The molecule has 2 aliphatic heterocycles. The van der Waals surface area contributed by atoms with Crippen LogP contribution in [0.15, 0.2) is 42.7 Å². The standard InChI is InChI=1S/C26H29FN8.C2H6/c1-17-4-3-5-24-32-25-20(27)14-18(15-22(25)35(17)24)21-8-9-28-26(30-21)31-23-7-6-19(16-29-23)34-12-10-33(2)11-13-34;1-2/h6-9,14-17H,3-5,10-13H2,1-2H3,(H,28,29,30,31);1-2H3. The summed E-state index contributed by atoms with van der Waals surface area (Å²) < 4.78 is 17.2. The van der Waals surface area contributed by atoms with Crippen molar-refractivity contribution in [3.8, 4) is 11.3 Å². The Balaban J connectivity index is 0.00000137. The van der Waals surface area contributed by atoms with E-state index in [0.29, 0.717) is 34.6 Å². The number of nitrogens with one attached hydrogen (secondary N) is 1. The van der Waals surface area contributed by atoms with Gasteiger partial charge >= 0.3 is 0 Å². The number of benzene rings is 1. The van der Waals surface area contributed by atoms with Crippen LogP contribution >= 0.6 is 0 Å². The molecule has 3 aromatic heterocycles. The van der Waals surface area contributed by atoms with Gasteiger partial charge in [-0.3, -0.25) is 0 Å². The third-order valence-electron chi connectivity index (χ3n) is 7.09. The van der Waals surface area contributed by atoms with Crippen LogP contribution in [0.3, 0.4) is 0 Å². The van der Waals surface area contributed by atoms with Crippen LogP contribution in [0.2, 0.25) is 0 Å². The van der Waals surface area contributed by atoms with Gasteiger partial charge in [0.25, 0.3) is 0 Å². The fraction of sp³-hybridized carbons (Fsp3) is 0.429. The number of rotatable bonds is 4. The third kappa shape index (κ3) is 5.13. The van der Waals surface area contributed by atoms with Gasteiger partial charge in [0.05, 0.1) is 23.1 Å². The molecule has 1 unspecified atom stereocenters. The maximum atomic E-state index is 15.1. The highest BCUT2D eigenvalue weighted by Crippen LogP contribution is 2.33. The van der Waals surface area contributed by atoms with Crippen molar-refractivity contribution in [2.75, 3.05) is 43.4 Å². The highest BCUT2D eigenvalue weighted by molar-refractivity contribution is 5.83. The third-order valence-corrected chi connectivity index (χ3v) is 7.09. The van der Waals surface area contributed by atoms with Gasteiger partial charge in [-0.15, -0.1) is 0 Å². The van der Waals surface area contributed by atoms with Crippen LogP contribution in [0.4, 0.5) is 21.8 Å². The van der Waals surface area contributed by atoms with Gasteiger partial charge < -0.3 is 19.7 Å². The summed E-state index contributed by atoms with van der Waals surface area (Å²) in [6.45, 7) is 10.3. The van der Waals surface area contributed by atoms with Crippen molar-refractivity contribution >= 4 is 28.5 Å². The van der Waals surface area contributed by atoms with Crippen LogP contribution < -0.4 is 10.2 Å². The highest BCUT2D eigenvalue weighted by atomic mass is 19.1. The normalized spacial score (nSPS) is 17.8. The number of likely N-dealkylation sites (N-methyl/N-ethyl adjacent to an activating group) is 1. The second kappa shape index (κ2) is 10.8. The number of nitrogens with zero attached hydrogens (tertiary/aromatic N) is 7. The molecule has 194 valence electrons. The first-order chi connectivity index (χ1) is 18.0. The van der Waals surface area contributed by atoms with E-state index in [1.807, 2.05) is 32.2 Å². The van der Waals surface area contributed by atoms with Crippen molar-refractivity contribution in [3.63, 3.8) is 0 Å². The quantitative estimate of drug-likeness (QED) is 0.398. The first-order valence-corrected chi connectivity index (χ1v) is 13.3. The lowest BCUT2D eigenvalue weighted by Crippen LogP contribution is -2.44. The molecular weight excluding hydrogens is 467 g/mol. The van der Waals surface area contributed by atoms with E-state index in [2.05, 4.69) is 59.7 Å². The Hall–Kier alpha value is -3.59. The summed E-state index contributed by atoms with van der Waals surface area (Å²) in [5.74, 6) is 1.73. The van der Waals surface area contributed by atoms with Gasteiger partial charge in [-0.25, -0.2) is 24.3 Å². The smallest absolute Gasteiger partial charge is 0.228 e. The van der Waals surface area contributed by atoms with Crippen molar-refractivity contribution < 1.29 is 4.39 Å². The predicted octanol–water partition coefficient (Wildman–Crippen LogP) is 5.45. The lowest BCUT2D eigenvalue weighted by atomic mass is 10.1. The second-order valence-electron chi connectivity index (χ2n) is 9.55. The van der Waals surface area contributed by atoms with Gasteiger partial charge in [0, 0.05) is 50.4 Å². The molecule has 37 heavy (non-hydrogen) atoms. The fourth-order valence-corrected chi connectivity index (χ4v) is 5.11. The first kappa shape index (κ1) is 25.1. The Morgan fingerprint density at radius 1 is 1.00 bits per heavy atom. The Bertz CT molecular complexity index is 1360. The second-order valence-corrected chi connectivity index (χ2v) is 9.55. The number of imidazole rings is 1. The molecule has 1 saturated heterocycles. The maximum absolute atomic E-state index is 15.1. The van der Waals surface area contributed by atoms with Gasteiger partial charge in [-0.05, 0) is 57.1 Å². The monoisotopic (exact) mass is 502 g/mol. The summed E-state index contributed by atoms with van der Waals surface area (Å²) >= 11 is 0. The molecule has 5 heterocycles. The molecular formula is C28H35FN8. The van der Waals surface area contributed by atoms with Gasteiger partial charge in [-0.1, -0.05) is 13.8 Å². The Morgan fingerprint density at radius 2 is 1.81 bits per heavy atom. The molecule has 1 aromatic carbocycles. The SMILES string of the molecule is CC.CC1CCCc2nc3c(F)cc(-c4ccnc(Nc5ccc(N6CCN(C)CC6)cn5)n4)cc3n21. The number of pyridine rings is 1. The summed E-state index contributed by atoms with van der Waals surface area (Å²) in [5, 5.41) is 3.18. The van der Waals surface area contributed by atoms with Crippen LogP contribution in [0.1, 0.15) is 45.5 Å². The van der Waals surface area contributed by atoms with Crippen LogP contribution in [0.25, 0.3) is 22.3 Å². The van der Waals surface area contributed by atoms with Crippen LogP contribution in [-0.4, -0.2) is 62.6 Å². The molecule has 0 amide bonds. The fourth-order valence-electron chi connectivity index (χ4n) is 5.11. The Labute approximate surface area is 217 Å². The first-order valence-electron chi connectivity index (χ1n) is 13.3. The van der Waals surface area contributed by atoms with Crippen LogP contribution in [-0.2, 0) is 6.42 Å². The molecule has 1 N–H and O–H groups in total. The van der Waals surface area contributed by atoms with E-state index in [9.17, 15) is 0 Å². The molecule has 2 aliphatic rings. The van der Waals surface area contributed by atoms with Crippen LogP contribution in [0, 0.1) is 5.82 Å². The molecule has 1 fully saturated rings. The number of halogens is 1. The molecule has 0 aliphatic carbocycles. The van der Waals surface area contributed by atoms with Gasteiger partial charge in [-0.2, -0.15) is 0 Å². The molecule has 0 bridgehead atoms. The largest absolute Gasteiger partial charge is 0.368 e. The van der Waals surface area contributed by atoms with E-state index in [0.717, 1.165) is 62.5 Å². The number of fused-ring (bicyclic) bond motifs is 3. The minimum atomic E-state index is -0.319. The van der Waals surface area contributed by atoms with Crippen molar-refractivity contribution in [3.05, 3.63) is 54.4 Å². The van der Waals surface area contributed by atoms with Crippen molar-refractivity contribution in [1.82, 2.24) is 29.4 Å². The average Bonchev–Trinajstić information content (AvgIpc) is 3.32. The molecule has 4 aromatic rings. The molecule has 0 radical (unpaired) electrons. The lowest BCUT2D eigenvalue weighted by molar-refractivity contribution is 0.313. The van der Waals surface area contributed by atoms with Crippen LogP contribution in [0.5, 0.6) is 0 Å². The molecule has 1 atom stereocenters. The molecule has 9 heteroatoms. The van der Waals surface area contributed by atoms with E-state index in [1.165, 1.54) is 6.07 Å². The van der Waals surface area contributed by atoms with Gasteiger partial charge in [0.15, 0.2) is 5.82 Å². The number of hydrogen-bond acceptors (Lipinski definition) is 7. The maximum Gasteiger partial charge on any atom is 0.228 e. The summed E-state index contributed by atoms with van der Waals surface area (Å²) in [4.78, 5) is 22.8. The minimum Gasteiger partial charge on any atom is -0.368 e. The van der Waals surface area contributed by atoms with Gasteiger partial charge in [0.1, 0.15) is 17.2 Å². The van der Waals surface area contributed by atoms with E-state index in [4.69, 9.17) is 0 Å². The number of anilines is 3. The zero-order valence-corrected chi connectivity index (χ0v) is 22.1. The predicted molar refractivity (Wildman–Crippen MR) is 147 cm³/mol. The topological polar surface area (TPSA) is 75.0 Å². The van der Waals surface area contributed by atoms with E-state index < -0.39 is 0 Å². The van der Waals surface area contributed by atoms with Crippen molar-refractivity contribution in [1.29, 1.82) is 0 Å². The van der Waals surface area contributed by atoms with E-state index in [1.54, 1.807) is 12.3 Å². The van der Waals surface area contributed by atoms with Crippen molar-refractivity contribution in [2.45, 2.75) is 46.1 Å². The van der Waals surface area contributed by atoms with Gasteiger partial charge in [0.2, 0.25) is 5.95 Å². The number of aryl methyl sites for hydroxylation is 1. The highest BCUT2D eigenvalue weighted by Gasteiger charge is 2.23. The molecule has 8 nitrogen and oxygen atoms in total. The summed E-state index contributed by atoms with van der Waals surface area (Å²) in [6.07, 6.45) is 6.61.